The van der Waals surface area contributed by atoms with Crippen molar-refractivity contribution in [3.05, 3.63) is 0 Å². The van der Waals surface area contributed by atoms with Crippen LogP contribution in [0.5, 0.6) is 0 Å². The van der Waals surface area contributed by atoms with E-state index in [-0.39, 0.29) is 11.3 Å². The Kier molecular flexibility index (Phi) is 1.68. The third-order valence-electron chi connectivity index (χ3n) is 2.00. The van der Waals surface area contributed by atoms with E-state index in [2.05, 4.69) is 0 Å². The molecule has 1 atom stereocenters. The van der Waals surface area contributed by atoms with Gasteiger partial charge in [0.2, 0.25) is 0 Å². The molecule has 0 saturated carbocycles. The molecule has 1 saturated heterocycles. The van der Waals surface area contributed by atoms with E-state index >= 15 is 0 Å². The SMILES string of the molecule is CC1(C)COC[C@H]1C(=O)O. The van der Waals surface area contributed by atoms with Crippen molar-refractivity contribution < 1.29 is 14.6 Å². The van der Waals surface area contributed by atoms with Crippen molar-refractivity contribution in [2.75, 3.05) is 13.2 Å². The lowest BCUT2D eigenvalue weighted by molar-refractivity contribution is -0.144. The second kappa shape index (κ2) is 2.23. The first-order chi connectivity index (χ1) is 4.54. The van der Waals surface area contributed by atoms with E-state index in [9.17, 15) is 4.79 Å². The summed E-state index contributed by atoms with van der Waals surface area (Å²) in [6.45, 7) is 4.75. The molecule has 58 valence electrons. The van der Waals surface area contributed by atoms with E-state index in [0.717, 1.165) is 0 Å². The number of carbonyl (C=O) groups is 1. The molecule has 1 N–H and O–H groups in total. The quantitative estimate of drug-likeness (QED) is 0.590. The van der Waals surface area contributed by atoms with Gasteiger partial charge in [0, 0.05) is 5.41 Å². The van der Waals surface area contributed by atoms with Gasteiger partial charge in [0.15, 0.2) is 0 Å². The van der Waals surface area contributed by atoms with Crippen LogP contribution in [0.15, 0.2) is 0 Å². The second-order valence-corrected chi connectivity index (χ2v) is 3.39. The van der Waals surface area contributed by atoms with Gasteiger partial charge >= 0.3 is 5.97 Å². The lowest BCUT2D eigenvalue weighted by Crippen LogP contribution is -2.28. The Balaban J connectivity index is 2.68. The van der Waals surface area contributed by atoms with Crippen molar-refractivity contribution in [1.82, 2.24) is 0 Å². The van der Waals surface area contributed by atoms with Crippen LogP contribution in [0.1, 0.15) is 13.8 Å². The van der Waals surface area contributed by atoms with Crippen LogP contribution in [0.25, 0.3) is 0 Å². The van der Waals surface area contributed by atoms with Crippen LogP contribution in [-0.2, 0) is 9.53 Å². The third kappa shape index (κ3) is 1.14. The van der Waals surface area contributed by atoms with Crippen molar-refractivity contribution >= 4 is 5.97 Å². The average molecular weight is 144 g/mol. The highest BCUT2D eigenvalue weighted by Crippen LogP contribution is 2.33. The van der Waals surface area contributed by atoms with Crippen molar-refractivity contribution in [3.63, 3.8) is 0 Å². The Bertz CT molecular complexity index is 151. The molecule has 3 heteroatoms. The van der Waals surface area contributed by atoms with E-state index in [1.54, 1.807) is 0 Å². The fraction of sp³-hybridized carbons (Fsp3) is 0.857. The maximum atomic E-state index is 10.5. The van der Waals surface area contributed by atoms with Crippen LogP contribution in [0.3, 0.4) is 0 Å². The van der Waals surface area contributed by atoms with Gasteiger partial charge in [0.25, 0.3) is 0 Å². The van der Waals surface area contributed by atoms with Crippen LogP contribution in [0.2, 0.25) is 0 Å². The standard InChI is InChI=1S/C7H12O3/c1-7(2)4-10-3-5(7)6(8)9/h5H,3-4H2,1-2H3,(H,8,9)/t5-/m0/s1. The summed E-state index contributed by atoms with van der Waals surface area (Å²) >= 11 is 0. The van der Waals surface area contributed by atoms with Crippen molar-refractivity contribution in [2.45, 2.75) is 13.8 Å². The normalized spacial score (nSPS) is 30.4. The van der Waals surface area contributed by atoms with Gasteiger partial charge in [-0.05, 0) is 0 Å². The maximum Gasteiger partial charge on any atom is 0.309 e. The van der Waals surface area contributed by atoms with Crippen molar-refractivity contribution in [2.24, 2.45) is 11.3 Å². The fourth-order valence-corrected chi connectivity index (χ4v) is 1.17. The van der Waals surface area contributed by atoms with E-state index in [1.807, 2.05) is 13.8 Å². The molecule has 0 aliphatic carbocycles. The number of carboxylic acid groups (broad SMARTS) is 1. The first-order valence-electron chi connectivity index (χ1n) is 3.34. The van der Waals surface area contributed by atoms with Gasteiger partial charge in [-0.3, -0.25) is 4.79 Å². The van der Waals surface area contributed by atoms with Crippen LogP contribution >= 0.6 is 0 Å². The van der Waals surface area contributed by atoms with Crippen LogP contribution in [0.4, 0.5) is 0 Å². The zero-order valence-corrected chi connectivity index (χ0v) is 6.26. The Labute approximate surface area is 60.0 Å². The molecule has 0 amide bonds. The van der Waals surface area contributed by atoms with Crippen LogP contribution in [-0.4, -0.2) is 24.3 Å². The molecule has 1 aliphatic rings. The van der Waals surface area contributed by atoms with Gasteiger partial charge in [0.05, 0.1) is 19.1 Å². The lowest BCUT2D eigenvalue weighted by Gasteiger charge is -2.19. The largest absolute Gasteiger partial charge is 0.481 e. The predicted octanol–water partition coefficient (Wildman–Crippen LogP) is 0.744. The lowest BCUT2D eigenvalue weighted by atomic mass is 9.82. The molecule has 0 aromatic heterocycles. The predicted molar refractivity (Wildman–Crippen MR) is 35.7 cm³/mol. The molecule has 1 aliphatic heterocycles. The van der Waals surface area contributed by atoms with E-state index in [1.165, 1.54) is 0 Å². The zero-order chi connectivity index (χ0) is 7.78. The molecule has 1 heterocycles. The van der Waals surface area contributed by atoms with E-state index < -0.39 is 5.97 Å². The summed E-state index contributed by atoms with van der Waals surface area (Å²) in [7, 11) is 0. The van der Waals surface area contributed by atoms with Gasteiger partial charge in [0.1, 0.15) is 0 Å². The summed E-state index contributed by atoms with van der Waals surface area (Å²) in [5.74, 6) is -1.07. The average Bonchev–Trinajstić information content (AvgIpc) is 2.08. The number of hydrogen-bond donors (Lipinski definition) is 1. The van der Waals surface area contributed by atoms with Crippen molar-refractivity contribution in [3.8, 4) is 0 Å². The summed E-state index contributed by atoms with van der Waals surface area (Å²) in [4.78, 5) is 10.5. The molecule has 3 nitrogen and oxygen atoms in total. The molecular weight excluding hydrogens is 132 g/mol. The number of aliphatic carboxylic acids is 1. The summed E-state index contributed by atoms with van der Waals surface area (Å²) in [6, 6.07) is 0. The Morgan fingerprint density at radius 1 is 1.70 bits per heavy atom. The highest BCUT2D eigenvalue weighted by molar-refractivity contribution is 5.71. The minimum atomic E-state index is -0.748. The summed E-state index contributed by atoms with van der Waals surface area (Å²) in [5, 5.41) is 8.67. The molecular formula is C7H12O3. The first kappa shape index (κ1) is 7.54. The van der Waals surface area contributed by atoms with Crippen LogP contribution in [0, 0.1) is 11.3 Å². The Morgan fingerprint density at radius 3 is 2.50 bits per heavy atom. The first-order valence-corrected chi connectivity index (χ1v) is 3.34. The topological polar surface area (TPSA) is 46.5 Å². The molecule has 10 heavy (non-hydrogen) atoms. The van der Waals surface area contributed by atoms with Gasteiger partial charge in [-0.15, -0.1) is 0 Å². The minimum Gasteiger partial charge on any atom is -0.481 e. The third-order valence-corrected chi connectivity index (χ3v) is 2.00. The molecule has 1 rings (SSSR count). The summed E-state index contributed by atoms with van der Waals surface area (Å²) < 4.78 is 5.05. The van der Waals surface area contributed by atoms with Gasteiger partial charge in [-0.2, -0.15) is 0 Å². The minimum absolute atomic E-state index is 0.189. The van der Waals surface area contributed by atoms with E-state index in [4.69, 9.17) is 9.84 Å². The molecule has 0 radical (unpaired) electrons. The molecule has 0 aromatic carbocycles. The summed E-state index contributed by atoms with van der Waals surface area (Å²) in [6.07, 6.45) is 0. The highest BCUT2D eigenvalue weighted by atomic mass is 16.5. The van der Waals surface area contributed by atoms with Gasteiger partial charge < -0.3 is 9.84 Å². The summed E-state index contributed by atoms with van der Waals surface area (Å²) in [5.41, 5.74) is -0.189. The number of ether oxygens (including phenoxy) is 1. The number of rotatable bonds is 1. The molecule has 0 spiro atoms. The second-order valence-electron chi connectivity index (χ2n) is 3.39. The fourth-order valence-electron chi connectivity index (χ4n) is 1.17. The van der Waals surface area contributed by atoms with Crippen molar-refractivity contribution in [1.29, 1.82) is 0 Å². The smallest absolute Gasteiger partial charge is 0.309 e. The Morgan fingerprint density at radius 2 is 2.30 bits per heavy atom. The number of hydrogen-bond acceptors (Lipinski definition) is 2. The number of carboxylic acids is 1. The highest BCUT2D eigenvalue weighted by Gasteiger charge is 2.40. The molecule has 0 unspecified atom stereocenters. The zero-order valence-electron chi connectivity index (χ0n) is 6.26. The van der Waals surface area contributed by atoms with Crippen LogP contribution < -0.4 is 0 Å². The van der Waals surface area contributed by atoms with Gasteiger partial charge in [-0.25, -0.2) is 0 Å². The molecule has 1 fully saturated rings. The van der Waals surface area contributed by atoms with E-state index in [0.29, 0.717) is 13.2 Å². The maximum absolute atomic E-state index is 10.5. The molecule has 0 aromatic rings. The molecule has 0 bridgehead atoms. The van der Waals surface area contributed by atoms with Gasteiger partial charge in [-0.1, -0.05) is 13.8 Å². The monoisotopic (exact) mass is 144 g/mol. The Hall–Kier alpha value is -0.570.